The van der Waals surface area contributed by atoms with Crippen LogP contribution in [0.1, 0.15) is 10.4 Å². The summed E-state index contributed by atoms with van der Waals surface area (Å²) in [7, 11) is 0. The quantitative estimate of drug-likeness (QED) is 0.332. The Morgan fingerprint density at radius 2 is 2.23 bits per heavy atom. The van der Waals surface area contributed by atoms with Gasteiger partial charge in [0.15, 0.2) is 11.6 Å². The molecule has 13 heavy (non-hydrogen) atoms. The highest BCUT2D eigenvalue weighted by Crippen LogP contribution is 2.25. The van der Waals surface area contributed by atoms with Crippen molar-refractivity contribution in [3.63, 3.8) is 0 Å². The van der Waals surface area contributed by atoms with Crippen molar-refractivity contribution >= 4 is 23.1 Å². The molecule has 0 radical (unpaired) electrons. The molecule has 1 aromatic carbocycles. The zero-order valence-electron chi connectivity index (χ0n) is 6.55. The first-order chi connectivity index (χ1) is 6.07. The third kappa shape index (κ3) is 1.72. The third-order valence-electron chi connectivity index (χ3n) is 1.55. The first kappa shape index (κ1) is 9.80. The number of aromatic hydroxyl groups is 1. The summed E-state index contributed by atoms with van der Waals surface area (Å²) in [4.78, 5) is 11.0. The van der Waals surface area contributed by atoms with E-state index in [1.807, 2.05) is 0 Å². The first-order valence-electron chi connectivity index (χ1n) is 3.44. The number of nitrogen functional groups attached to an aromatic ring is 1. The first-order valence-corrected chi connectivity index (χ1v) is 3.97. The summed E-state index contributed by atoms with van der Waals surface area (Å²) in [6.45, 7) is 0. The van der Waals surface area contributed by atoms with Gasteiger partial charge in [0.25, 0.3) is 0 Å². The molecule has 0 amide bonds. The lowest BCUT2D eigenvalue weighted by molar-refractivity contribution is 0.101. The Balaban J connectivity index is 3.33. The molecular weight excluding hydrogens is 197 g/mol. The van der Waals surface area contributed by atoms with Gasteiger partial charge in [-0.3, -0.25) is 4.79 Å². The molecular formula is C8H7ClFNO2. The molecule has 0 heterocycles. The Kier molecular flexibility index (Phi) is 2.72. The number of carbonyl (C=O) groups is 1. The van der Waals surface area contributed by atoms with E-state index in [-0.39, 0.29) is 5.69 Å². The summed E-state index contributed by atoms with van der Waals surface area (Å²) in [6, 6.07) is 2.33. The molecule has 3 nitrogen and oxygen atoms in total. The van der Waals surface area contributed by atoms with Crippen LogP contribution in [0.3, 0.4) is 0 Å². The van der Waals surface area contributed by atoms with E-state index in [1.54, 1.807) is 0 Å². The van der Waals surface area contributed by atoms with Crippen LogP contribution in [0.25, 0.3) is 0 Å². The molecule has 0 atom stereocenters. The number of benzene rings is 1. The SMILES string of the molecule is Nc1ccc(O)c(C(=O)CCl)c1F. The minimum absolute atomic E-state index is 0.189. The number of halogens is 2. The highest BCUT2D eigenvalue weighted by Gasteiger charge is 2.17. The Morgan fingerprint density at radius 1 is 1.62 bits per heavy atom. The van der Waals surface area contributed by atoms with Gasteiger partial charge in [-0.2, -0.15) is 0 Å². The average molecular weight is 204 g/mol. The molecule has 0 saturated carbocycles. The van der Waals surface area contributed by atoms with Crippen molar-refractivity contribution in [2.45, 2.75) is 0 Å². The fraction of sp³-hybridized carbons (Fsp3) is 0.125. The van der Waals surface area contributed by atoms with Gasteiger partial charge in [0, 0.05) is 0 Å². The summed E-state index contributed by atoms with van der Waals surface area (Å²) >= 11 is 5.21. The van der Waals surface area contributed by atoms with Gasteiger partial charge < -0.3 is 10.8 Å². The van der Waals surface area contributed by atoms with E-state index in [4.69, 9.17) is 22.4 Å². The second-order valence-corrected chi connectivity index (χ2v) is 2.69. The van der Waals surface area contributed by atoms with E-state index in [9.17, 15) is 9.18 Å². The lowest BCUT2D eigenvalue weighted by Gasteiger charge is -2.04. The maximum atomic E-state index is 13.1. The molecule has 0 bridgehead atoms. The number of alkyl halides is 1. The van der Waals surface area contributed by atoms with E-state index in [0.717, 1.165) is 6.07 Å². The molecule has 1 aromatic rings. The van der Waals surface area contributed by atoms with E-state index in [2.05, 4.69) is 0 Å². The predicted octanol–water partition coefficient (Wildman–Crippen LogP) is 1.53. The molecule has 0 aliphatic rings. The number of hydrogen-bond acceptors (Lipinski definition) is 3. The molecule has 3 N–H and O–H groups in total. The van der Waals surface area contributed by atoms with Crippen molar-refractivity contribution in [1.29, 1.82) is 0 Å². The fourth-order valence-corrected chi connectivity index (χ4v) is 1.05. The van der Waals surface area contributed by atoms with Crippen LogP contribution in [0.15, 0.2) is 12.1 Å². The van der Waals surface area contributed by atoms with Gasteiger partial charge >= 0.3 is 0 Å². The van der Waals surface area contributed by atoms with Crippen molar-refractivity contribution in [3.8, 4) is 5.75 Å². The van der Waals surface area contributed by atoms with E-state index >= 15 is 0 Å². The molecule has 0 aliphatic carbocycles. The molecule has 0 spiro atoms. The molecule has 0 fully saturated rings. The number of rotatable bonds is 2. The van der Waals surface area contributed by atoms with Gasteiger partial charge in [-0.25, -0.2) is 4.39 Å². The van der Waals surface area contributed by atoms with Crippen LogP contribution in [0, 0.1) is 5.82 Å². The Hall–Kier alpha value is -1.29. The van der Waals surface area contributed by atoms with Gasteiger partial charge in [-0.1, -0.05) is 0 Å². The maximum Gasteiger partial charge on any atom is 0.184 e. The van der Waals surface area contributed by atoms with Gasteiger partial charge in [0.1, 0.15) is 5.75 Å². The van der Waals surface area contributed by atoms with E-state index in [1.165, 1.54) is 6.07 Å². The number of phenolic OH excluding ortho intramolecular Hbond substituents is 1. The number of Topliss-reactive ketones (excluding diaryl/α,β-unsaturated/α-hetero) is 1. The summed E-state index contributed by atoms with van der Waals surface area (Å²) in [5.41, 5.74) is 4.56. The molecule has 0 saturated heterocycles. The second kappa shape index (κ2) is 3.62. The topological polar surface area (TPSA) is 63.3 Å². The van der Waals surface area contributed by atoms with Gasteiger partial charge in [0.05, 0.1) is 17.1 Å². The fourth-order valence-electron chi connectivity index (χ4n) is 0.914. The monoisotopic (exact) mass is 203 g/mol. The lowest BCUT2D eigenvalue weighted by atomic mass is 10.1. The lowest BCUT2D eigenvalue weighted by Crippen LogP contribution is -2.06. The van der Waals surface area contributed by atoms with Gasteiger partial charge in [-0.15, -0.1) is 11.6 Å². The largest absolute Gasteiger partial charge is 0.507 e. The second-order valence-electron chi connectivity index (χ2n) is 2.42. The number of ketones is 1. The highest BCUT2D eigenvalue weighted by molar-refractivity contribution is 6.30. The summed E-state index contributed by atoms with van der Waals surface area (Å²) in [5, 5.41) is 9.14. The van der Waals surface area contributed by atoms with Gasteiger partial charge in [0.2, 0.25) is 0 Å². The molecule has 70 valence electrons. The number of hydrogen-bond donors (Lipinski definition) is 2. The highest BCUT2D eigenvalue weighted by atomic mass is 35.5. The van der Waals surface area contributed by atoms with Crippen LogP contribution in [0.5, 0.6) is 5.75 Å². The standard InChI is InChI=1S/C8H7ClFNO2/c9-3-6(13)7-5(12)2-1-4(11)8(7)10/h1-2,12H,3,11H2. The van der Waals surface area contributed by atoms with Crippen molar-refractivity contribution in [2.75, 3.05) is 11.6 Å². The molecule has 0 unspecified atom stereocenters. The zero-order valence-corrected chi connectivity index (χ0v) is 7.31. The number of anilines is 1. The van der Waals surface area contributed by atoms with Crippen LogP contribution in [0.2, 0.25) is 0 Å². The molecule has 5 heteroatoms. The Labute approximate surface area is 78.9 Å². The number of phenols is 1. The van der Waals surface area contributed by atoms with Crippen molar-refractivity contribution in [2.24, 2.45) is 0 Å². The predicted molar refractivity (Wildman–Crippen MR) is 47.5 cm³/mol. The van der Waals surface area contributed by atoms with Gasteiger partial charge in [-0.05, 0) is 12.1 Å². The van der Waals surface area contributed by atoms with Crippen molar-refractivity contribution < 1.29 is 14.3 Å². The van der Waals surface area contributed by atoms with Crippen LogP contribution in [-0.4, -0.2) is 16.8 Å². The van der Waals surface area contributed by atoms with E-state index in [0.29, 0.717) is 0 Å². The maximum absolute atomic E-state index is 13.1. The van der Waals surface area contributed by atoms with Crippen LogP contribution < -0.4 is 5.73 Å². The number of nitrogens with two attached hydrogens (primary N) is 1. The van der Waals surface area contributed by atoms with Crippen LogP contribution in [0.4, 0.5) is 10.1 Å². The summed E-state index contributed by atoms with van der Waals surface area (Å²) < 4.78 is 13.1. The van der Waals surface area contributed by atoms with Crippen LogP contribution in [-0.2, 0) is 0 Å². The van der Waals surface area contributed by atoms with Crippen molar-refractivity contribution in [1.82, 2.24) is 0 Å². The Morgan fingerprint density at radius 3 is 2.77 bits per heavy atom. The molecule has 0 aliphatic heterocycles. The van der Waals surface area contributed by atoms with Crippen LogP contribution >= 0.6 is 11.6 Å². The van der Waals surface area contributed by atoms with E-state index < -0.39 is 28.8 Å². The average Bonchev–Trinajstić information content (AvgIpc) is 2.12. The molecule has 0 aromatic heterocycles. The summed E-state index contributed by atoms with van der Waals surface area (Å²) in [5.74, 6) is -2.46. The number of carbonyl (C=O) groups excluding carboxylic acids is 1. The zero-order chi connectivity index (χ0) is 10.0. The van der Waals surface area contributed by atoms with Crippen molar-refractivity contribution in [3.05, 3.63) is 23.5 Å². The third-order valence-corrected chi connectivity index (χ3v) is 1.79. The molecule has 1 rings (SSSR count). The Bertz CT molecular complexity index is 354. The minimum atomic E-state index is -0.925. The summed E-state index contributed by atoms with van der Waals surface area (Å²) in [6.07, 6.45) is 0. The minimum Gasteiger partial charge on any atom is -0.507 e. The smallest absolute Gasteiger partial charge is 0.184 e. The normalized spacial score (nSPS) is 10.0.